The highest BCUT2D eigenvalue weighted by Crippen LogP contribution is 2.04. The molecule has 0 aliphatic rings. The minimum Gasteiger partial charge on any atom is -0.759 e. The molecule has 0 spiro atoms. The smallest absolute Gasteiger partial charge is 0.104 e. The molecule has 0 rings (SSSR count). The van der Waals surface area contributed by atoms with Crippen molar-refractivity contribution >= 4 is 10.4 Å². The van der Waals surface area contributed by atoms with Crippen molar-refractivity contribution in [3.63, 3.8) is 0 Å². The van der Waals surface area contributed by atoms with Gasteiger partial charge in [-0.3, -0.25) is 8.42 Å². The van der Waals surface area contributed by atoms with Gasteiger partial charge in [0.2, 0.25) is 0 Å². The monoisotopic (exact) mass is 448 g/mol. The van der Waals surface area contributed by atoms with E-state index in [4.69, 9.17) is 27.7 Å². The van der Waals surface area contributed by atoms with E-state index in [9.17, 15) is 10.2 Å². The first-order valence-electron chi connectivity index (χ1n) is 9.70. The van der Waals surface area contributed by atoms with Crippen LogP contribution < -0.4 is 0 Å². The Hall–Kier alpha value is -0.370. The van der Waals surface area contributed by atoms with Gasteiger partial charge >= 0.3 is 0 Å². The number of hydrogen-bond acceptors (Lipinski definition) is 8. The maximum Gasteiger partial charge on any atom is 0.104 e. The van der Waals surface area contributed by atoms with E-state index < -0.39 is 10.4 Å². The van der Waals surface area contributed by atoms with Crippen LogP contribution in [0.5, 0.6) is 0 Å². The summed E-state index contributed by atoms with van der Waals surface area (Å²) in [4.78, 5) is 0. The zero-order chi connectivity index (χ0) is 24.1. The molecule has 4 N–H and O–H groups in total. The third kappa shape index (κ3) is 38.8. The van der Waals surface area contributed by atoms with Crippen molar-refractivity contribution in [2.75, 3.05) is 54.4 Å². The predicted molar refractivity (Wildman–Crippen MR) is 110 cm³/mol. The molecule has 29 heavy (non-hydrogen) atoms. The Morgan fingerprint density at radius 1 is 0.655 bits per heavy atom. The Balaban J connectivity index is -0.000000380. The molecule has 0 aromatic carbocycles. The van der Waals surface area contributed by atoms with Crippen LogP contribution in [0.25, 0.3) is 0 Å². The fourth-order valence-electron chi connectivity index (χ4n) is 2.69. The number of hydrogen-bond donors (Lipinski definition) is 4. The summed E-state index contributed by atoms with van der Waals surface area (Å²) in [5.41, 5.74) is 0. The number of likely N-dealkylation sites (N-methyl/N-ethyl adjacent to an activating group) is 2. The van der Waals surface area contributed by atoms with Crippen LogP contribution in [0.2, 0.25) is 0 Å². The summed E-state index contributed by atoms with van der Waals surface area (Å²) in [6, 6.07) is 0. The molecule has 0 aromatic rings. The van der Waals surface area contributed by atoms with Gasteiger partial charge in [0, 0.05) is 23.2 Å². The lowest BCUT2D eigenvalue weighted by atomic mass is 10.2. The average Bonchev–Trinajstić information content (AvgIpc) is 2.39. The fraction of sp³-hybridized carbons (Fsp3) is 1.00. The summed E-state index contributed by atoms with van der Waals surface area (Å²) in [5.74, 6) is 0. The molecule has 0 radical (unpaired) electrons. The predicted octanol–water partition coefficient (Wildman–Crippen LogP) is -0.909. The second-order valence-corrected chi connectivity index (χ2v) is 9.88. The summed E-state index contributed by atoms with van der Waals surface area (Å²) in [7, 11) is 3.09. The molecule has 4 atom stereocenters. The van der Waals surface area contributed by atoms with E-state index in [0.29, 0.717) is 0 Å². The zero-order valence-electron chi connectivity index (χ0n) is 19.3. The summed E-state index contributed by atoms with van der Waals surface area (Å²) < 4.78 is 35.6. The molecule has 4 unspecified atom stereocenters. The Morgan fingerprint density at radius 2 is 0.862 bits per heavy atom. The molecule has 11 heteroatoms. The molecular weight excluding hydrogens is 404 g/mol. The Kier molecular flexibility index (Phi) is 17.7. The third-order valence-electron chi connectivity index (χ3n) is 3.82. The van der Waals surface area contributed by atoms with Crippen LogP contribution in [-0.2, 0) is 10.4 Å². The van der Waals surface area contributed by atoms with Crippen molar-refractivity contribution in [2.45, 2.75) is 65.0 Å². The van der Waals surface area contributed by atoms with E-state index >= 15 is 0 Å². The normalized spacial score (nSPS) is 16.5. The van der Waals surface area contributed by atoms with Crippen molar-refractivity contribution < 1.29 is 46.9 Å². The van der Waals surface area contributed by atoms with E-state index in [1.807, 2.05) is 0 Å². The van der Waals surface area contributed by atoms with E-state index in [1.54, 1.807) is 27.7 Å². The quantitative estimate of drug-likeness (QED) is 0.190. The van der Waals surface area contributed by atoms with Gasteiger partial charge in [0.25, 0.3) is 0 Å². The molecule has 180 valence electrons. The fourth-order valence-corrected chi connectivity index (χ4v) is 2.69. The van der Waals surface area contributed by atoms with Gasteiger partial charge in [-0.1, -0.05) is 0 Å². The number of rotatable bonds is 10. The maximum atomic E-state index is 9.18. The van der Waals surface area contributed by atoms with Gasteiger partial charge in [0.1, 0.15) is 25.3 Å². The van der Waals surface area contributed by atoms with Crippen molar-refractivity contribution in [1.82, 2.24) is 0 Å². The van der Waals surface area contributed by atoms with E-state index in [2.05, 4.69) is 28.2 Å². The van der Waals surface area contributed by atoms with Gasteiger partial charge in [-0.2, -0.15) is 0 Å². The van der Waals surface area contributed by atoms with Crippen LogP contribution in [0.3, 0.4) is 0 Å². The highest BCUT2D eigenvalue weighted by Gasteiger charge is 2.18. The minimum absolute atomic E-state index is 0.239. The average molecular weight is 449 g/mol. The summed E-state index contributed by atoms with van der Waals surface area (Å²) in [5, 5.41) is 36.5. The largest absolute Gasteiger partial charge is 0.759 e. The molecule has 0 saturated carbocycles. The molecule has 0 heterocycles. The van der Waals surface area contributed by atoms with Gasteiger partial charge < -0.3 is 38.5 Å². The lowest BCUT2D eigenvalue weighted by Crippen LogP contribution is -2.46. The van der Waals surface area contributed by atoms with Gasteiger partial charge in [-0.05, 0) is 27.7 Å². The molecule has 10 nitrogen and oxygen atoms in total. The molecule has 0 aliphatic carbocycles. The maximum absolute atomic E-state index is 9.18. The minimum atomic E-state index is -5.17. The van der Waals surface area contributed by atoms with Crippen molar-refractivity contribution in [1.29, 1.82) is 0 Å². The molecule has 0 fully saturated rings. The molecule has 0 amide bonds. The Morgan fingerprint density at radius 3 is 1.00 bits per heavy atom. The van der Waals surface area contributed by atoms with Crippen LogP contribution in [0.4, 0.5) is 0 Å². The van der Waals surface area contributed by atoms with Crippen LogP contribution in [0.1, 0.15) is 40.5 Å². The summed E-state index contributed by atoms with van der Waals surface area (Å²) >= 11 is 0. The number of aliphatic hydroxyl groups is 4. The first kappa shape index (κ1) is 33.3. The second kappa shape index (κ2) is 15.4. The molecule has 0 saturated heterocycles. The first-order valence-corrected chi connectivity index (χ1v) is 11.0. The highest BCUT2D eigenvalue weighted by atomic mass is 32.3. The Bertz CT molecular complexity index is 454. The highest BCUT2D eigenvalue weighted by molar-refractivity contribution is 7.79. The van der Waals surface area contributed by atoms with E-state index in [1.165, 1.54) is 0 Å². The van der Waals surface area contributed by atoms with Crippen LogP contribution >= 0.6 is 0 Å². The van der Waals surface area contributed by atoms with Crippen molar-refractivity contribution in [3.8, 4) is 0 Å². The topological polar surface area (TPSA) is 161 Å². The van der Waals surface area contributed by atoms with E-state index in [-0.39, 0.29) is 24.4 Å². The van der Waals surface area contributed by atoms with Crippen LogP contribution in [0.15, 0.2) is 0 Å². The van der Waals surface area contributed by atoms with Crippen molar-refractivity contribution in [3.05, 3.63) is 0 Å². The van der Waals surface area contributed by atoms with Gasteiger partial charge in [-0.25, -0.2) is 0 Å². The number of nitrogens with zero attached hydrogens (tertiary/aromatic N) is 2. The van der Waals surface area contributed by atoms with Crippen LogP contribution in [-0.4, -0.2) is 126 Å². The lowest BCUT2D eigenvalue weighted by molar-refractivity contribution is -0.893. The first-order chi connectivity index (χ1) is 12.7. The SMILES string of the molecule is CC(O)CC[N+](C)(C)CC(C)O.CC(O)CC[N+](C)(C)CC(C)O.O=S(=O)([O-])[O-]. The van der Waals surface area contributed by atoms with Crippen molar-refractivity contribution in [2.24, 2.45) is 0 Å². The molecule has 0 aromatic heterocycles. The molecule has 0 aliphatic heterocycles. The van der Waals surface area contributed by atoms with Gasteiger partial charge in [0.15, 0.2) is 0 Å². The lowest BCUT2D eigenvalue weighted by Gasteiger charge is -2.31. The Labute approximate surface area is 177 Å². The van der Waals surface area contributed by atoms with Gasteiger partial charge in [0.05, 0.1) is 53.5 Å². The van der Waals surface area contributed by atoms with Gasteiger partial charge in [-0.15, -0.1) is 0 Å². The number of quaternary nitrogens is 2. The standard InChI is InChI=1S/2C9H22NO2.H2O4S/c2*1-8(11)5-6-10(3,4)7-9(2)12;1-5(2,3)4/h2*8-9,11-12H,5-7H2,1-4H3;(H2,1,2,3,4)/q2*+1;/p-2. The zero-order valence-corrected chi connectivity index (χ0v) is 20.1. The van der Waals surface area contributed by atoms with Crippen LogP contribution in [0, 0.1) is 0 Å². The molecular formula is C18H44N2O8S. The summed E-state index contributed by atoms with van der Waals surface area (Å²) in [6.07, 6.45) is 0.565. The number of aliphatic hydroxyl groups excluding tert-OH is 4. The molecule has 0 bridgehead atoms. The second-order valence-electron chi connectivity index (χ2n) is 9.07. The third-order valence-corrected chi connectivity index (χ3v) is 3.82. The van der Waals surface area contributed by atoms with E-state index in [0.717, 1.165) is 48.0 Å². The summed E-state index contributed by atoms with van der Waals surface area (Å²) in [6.45, 7) is 10.5.